The smallest absolute Gasteiger partial charge is 0.869 e. The second kappa shape index (κ2) is 47.2. The van der Waals surface area contributed by atoms with Crippen molar-refractivity contribution in [3.8, 4) is 22.8 Å². The quantitative estimate of drug-likeness (QED) is 0.0321. The summed E-state index contributed by atoms with van der Waals surface area (Å²) in [5.41, 5.74) is 0.445. The van der Waals surface area contributed by atoms with Gasteiger partial charge in [-0.3, -0.25) is 48.7 Å². The van der Waals surface area contributed by atoms with Crippen molar-refractivity contribution in [2.45, 2.75) is 37.1 Å². The number of pyridine rings is 4. The van der Waals surface area contributed by atoms with Crippen LogP contribution in [0.4, 0.5) is 79.0 Å². The zero-order valence-electron chi connectivity index (χ0n) is 50.8. The van der Waals surface area contributed by atoms with Gasteiger partial charge in [0.2, 0.25) is 0 Å². The summed E-state index contributed by atoms with van der Waals surface area (Å²) in [5.74, 6) is -22.9. The summed E-state index contributed by atoms with van der Waals surface area (Å²) in [4.78, 5) is 85.8. The van der Waals surface area contributed by atoms with Crippen LogP contribution in [0.15, 0.2) is 241 Å². The summed E-state index contributed by atoms with van der Waals surface area (Å²) in [6, 6.07) is 33.9. The van der Waals surface area contributed by atoms with Crippen LogP contribution in [-0.4, -0.2) is 102 Å². The Morgan fingerprint density at radius 1 is 0.269 bits per heavy atom. The summed E-state index contributed by atoms with van der Waals surface area (Å²) >= 11 is 19.1. The number of nitrogens with zero attached hydrogens (tertiary/aromatic N) is 4. The molecule has 104 heavy (non-hydrogen) atoms. The molecule has 16 nitrogen and oxygen atoms in total. The van der Waals surface area contributed by atoms with E-state index in [9.17, 15) is 138 Å². The molecule has 4 heterocycles. The molecule has 0 fully saturated rings. The van der Waals surface area contributed by atoms with Crippen molar-refractivity contribution in [3.05, 3.63) is 275 Å². The predicted octanol–water partition coefficient (Wildman–Crippen LogP) is 12.1. The maximum Gasteiger partial charge on any atom is 3.00 e. The fourth-order valence-electron chi connectivity index (χ4n) is 6.24. The third-order valence-electron chi connectivity index (χ3n) is 10.7. The van der Waals surface area contributed by atoms with Crippen molar-refractivity contribution in [1.29, 1.82) is 0 Å². The number of alkyl halides is 22. The van der Waals surface area contributed by atoms with E-state index in [4.69, 9.17) is 46.4 Å². The van der Waals surface area contributed by atoms with Crippen LogP contribution in [0, 0.1) is 98.8 Å². The Morgan fingerprint density at radius 3 is 0.510 bits per heavy atom. The Bertz CT molecular complexity index is 3490. The summed E-state index contributed by atoms with van der Waals surface area (Å²) < 4.78 is 217. The van der Waals surface area contributed by atoms with Crippen LogP contribution in [0.25, 0.3) is 22.8 Å². The van der Waals surface area contributed by atoms with E-state index in [0.717, 1.165) is 77.4 Å². The topological polar surface area (TPSA) is 292 Å². The van der Waals surface area contributed by atoms with Crippen molar-refractivity contribution in [1.82, 2.24) is 19.9 Å². The van der Waals surface area contributed by atoms with Gasteiger partial charge in [0.25, 0.3) is 0 Å². The Balaban J connectivity index is 0. The van der Waals surface area contributed by atoms with Gasteiger partial charge in [0, 0.05) is 58.2 Å². The maximum atomic E-state index is 12.1. The van der Waals surface area contributed by atoms with Crippen LogP contribution < -0.4 is 30.6 Å². The summed E-state index contributed by atoms with van der Waals surface area (Å²) in [6.45, 7) is 0. The molecule has 3 aromatic carbocycles. The first-order valence-corrected chi connectivity index (χ1v) is 28.6. The van der Waals surface area contributed by atoms with Crippen molar-refractivity contribution in [3.63, 3.8) is 0 Å². The van der Waals surface area contributed by atoms with E-state index >= 15 is 0 Å². The number of carbonyl (C=O) groups excluding carboxylic acids is 6. The first kappa shape index (κ1) is 98.6. The molecule has 0 unspecified atom stereocenters. The number of ketones is 6. The zero-order valence-corrected chi connectivity index (χ0v) is 58.7. The van der Waals surface area contributed by atoms with Crippen molar-refractivity contribution in [2.75, 3.05) is 10.7 Å². The zero-order chi connectivity index (χ0) is 78.0. The van der Waals surface area contributed by atoms with Gasteiger partial charge < -0.3 is 30.6 Å². The molecule has 554 valence electrons. The average Bonchev–Trinajstić information content (AvgIpc) is 0.832. The van der Waals surface area contributed by atoms with Crippen LogP contribution in [0.5, 0.6) is 0 Å². The molecule has 0 saturated heterocycles. The van der Waals surface area contributed by atoms with Gasteiger partial charge in [-0.25, -0.2) is 0 Å². The summed E-state index contributed by atoms with van der Waals surface area (Å²) in [7, 11) is 0. The first-order valence-electron chi connectivity index (χ1n) is 26.4. The molecule has 0 amide bonds. The van der Waals surface area contributed by atoms with Gasteiger partial charge in [0.15, 0.2) is 34.7 Å². The van der Waals surface area contributed by atoms with Gasteiger partial charge >= 0.3 is 136 Å². The Kier molecular flexibility index (Phi) is 44.8. The minimum Gasteiger partial charge on any atom is -0.869 e. The van der Waals surface area contributed by atoms with Gasteiger partial charge in [-0.05, 0) is 138 Å². The number of benzene rings is 3. The average molecular weight is 1840 g/mol. The standard InChI is InChI=1S/3C14H8F6O4.2C10H8N2.2CH2Cl2.2Eu/c3*15-13(16,17)11(23)5-9(21)7-2-1-3-8(4-7)10(22)6-12(24)14(18,19)20;2*1-3-7-11-9(5-1)10-6-2-4-8-12-10;2*2-1-3;;/h3*1-6,23-24H;2*1-8H;2*1H2;;/q;;;;;;;2*+3/p-6/b3*11-5-,12-6-;;;;;;. The molecule has 4 aromatic heterocycles. The van der Waals surface area contributed by atoms with Crippen molar-refractivity contribution >= 4 is 81.1 Å². The van der Waals surface area contributed by atoms with Crippen molar-refractivity contribution in [2.24, 2.45) is 0 Å². The molecular weight excluding hydrogens is 1800 g/mol. The molecule has 0 aliphatic carbocycles. The maximum absolute atomic E-state index is 12.1. The van der Waals surface area contributed by atoms with Crippen LogP contribution in [-0.2, 0) is 0 Å². The van der Waals surface area contributed by atoms with Crippen LogP contribution in [0.1, 0.15) is 62.1 Å². The fourth-order valence-corrected chi connectivity index (χ4v) is 6.24. The molecule has 40 heteroatoms. The van der Waals surface area contributed by atoms with Crippen molar-refractivity contribution < 1.29 is 237 Å². The molecule has 0 N–H and O–H groups in total. The monoisotopic (exact) mass is 1840 g/mol. The Morgan fingerprint density at radius 2 is 0.404 bits per heavy atom. The van der Waals surface area contributed by atoms with Gasteiger partial charge in [-0.1, -0.05) is 78.9 Å². The van der Waals surface area contributed by atoms with E-state index in [-0.39, 0.29) is 146 Å². The molecule has 0 aliphatic heterocycles. The number of hydrogen-bond donors (Lipinski definition) is 0. The molecule has 7 rings (SSSR count). The number of halogens is 22. The minimum atomic E-state index is -5.27. The molecular formula is C64H38Cl4Eu2F18N4O12. The second-order valence-corrected chi connectivity index (χ2v) is 19.6. The van der Waals surface area contributed by atoms with E-state index in [1.165, 1.54) is 0 Å². The summed E-state index contributed by atoms with van der Waals surface area (Å²) in [6.07, 6.45) is -26.1. The Hall–Kier alpha value is -7.41. The van der Waals surface area contributed by atoms with Gasteiger partial charge in [-0.2, -0.15) is 79.0 Å². The fraction of sp³-hybridized carbons (Fsp3) is 0.125. The predicted molar refractivity (Wildman–Crippen MR) is 318 cm³/mol. The van der Waals surface area contributed by atoms with Gasteiger partial charge in [0.05, 0.1) is 33.5 Å². The number of aromatic nitrogens is 4. The van der Waals surface area contributed by atoms with E-state index in [0.29, 0.717) is 18.2 Å². The van der Waals surface area contributed by atoms with Crippen LogP contribution in [0.3, 0.4) is 0 Å². The van der Waals surface area contributed by atoms with E-state index in [1.807, 2.05) is 72.8 Å². The van der Waals surface area contributed by atoms with Crippen LogP contribution in [0.2, 0.25) is 0 Å². The Labute approximate surface area is 676 Å². The van der Waals surface area contributed by atoms with Gasteiger partial charge in [0.1, 0.15) is 0 Å². The third-order valence-corrected chi connectivity index (χ3v) is 10.7. The number of allylic oxidation sites excluding steroid dienone is 12. The third kappa shape index (κ3) is 38.6. The second-order valence-electron chi connectivity index (χ2n) is 18.0. The normalized spacial score (nSPS) is 12.1. The molecule has 0 saturated carbocycles. The van der Waals surface area contributed by atoms with E-state index < -0.39 is 140 Å². The molecule has 0 atom stereocenters. The number of rotatable bonds is 14. The molecule has 0 radical (unpaired) electrons. The van der Waals surface area contributed by atoms with Crippen LogP contribution >= 0.6 is 46.4 Å². The number of hydrogen-bond acceptors (Lipinski definition) is 16. The minimum absolute atomic E-state index is 0. The molecule has 7 aromatic rings. The molecule has 0 aliphatic rings. The largest absolute Gasteiger partial charge is 3.00 e. The number of carbonyl (C=O) groups is 6. The molecule has 0 spiro atoms. The van der Waals surface area contributed by atoms with Gasteiger partial charge in [-0.15, -0.1) is 46.4 Å². The molecule has 0 bridgehead atoms. The summed E-state index contributed by atoms with van der Waals surface area (Å²) in [5, 5.41) is 64.5. The van der Waals surface area contributed by atoms with E-state index in [1.54, 1.807) is 24.8 Å². The SMILES string of the molecule is ClCCl.ClCCl.O=C(/C=C(\[O-])C(F)(F)F)c1cccc(C(=O)/C=C(\[O-])C(F)(F)F)c1.O=C(/C=C(\[O-])C(F)(F)F)c1cccc(C(=O)/C=C(\[O-])C(F)(F)F)c1.O=C(/C=C(\[O-])C(F)(F)F)c1cccc(C(=O)/C=C(\[O-])C(F)(F)F)c1.[Eu+3].[Eu+3].c1ccc(-c2ccccn2)nc1.c1ccc(-c2ccccn2)nc1. The first-order chi connectivity index (χ1) is 47.2. The van der Waals surface area contributed by atoms with E-state index in [2.05, 4.69) is 19.9 Å².